The molecule has 0 aromatic heterocycles. The number of rotatable bonds is 4. The van der Waals surface area contributed by atoms with Crippen LogP contribution in [-0.4, -0.2) is 43.0 Å². The minimum atomic E-state index is -0.254. The molecule has 0 bridgehead atoms. The molecule has 0 spiro atoms. The average Bonchev–Trinajstić information content (AvgIpc) is 2.70. The molecule has 2 N–H and O–H groups in total. The Morgan fingerprint density at radius 1 is 0.871 bits per heavy atom. The predicted octanol–water partition coefficient (Wildman–Crippen LogP) is 5.03. The first-order valence-corrected chi connectivity index (χ1v) is 10.9. The molecule has 0 radical (unpaired) electrons. The van der Waals surface area contributed by atoms with Gasteiger partial charge in [0.05, 0.1) is 0 Å². The molecular formula is C25H34N4O2. The SMILES string of the molecule is Cc1cccc(C)c1NC(=O)Nc1ccc(N2CCN(C(=O)CC(C)(C)C)CC2)cc1. The number of benzene rings is 2. The summed E-state index contributed by atoms with van der Waals surface area (Å²) < 4.78 is 0. The zero-order chi connectivity index (χ0) is 22.6. The van der Waals surface area contributed by atoms with E-state index in [2.05, 4.69) is 36.3 Å². The second kappa shape index (κ2) is 9.41. The molecule has 3 amide bonds. The Balaban J connectivity index is 1.53. The second-order valence-corrected chi connectivity index (χ2v) is 9.50. The Hall–Kier alpha value is -3.02. The number of aryl methyl sites for hydroxylation is 2. The lowest BCUT2D eigenvalue weighted by molar-refractivity contribution is -0.133. The van der Waals surface area contributed by atoms with Gasteiger partial charge in [0.1, 0.15) is 0 Å². The molecule has 1 heterocycles. The lowest BCUT2D eigenvalue weighted by Gasteiger charge is -2.37. The third-order valence-corrected chi connectivity index (χ3v) is 5.52. The van der Waals surface area contributed by atoms with Crippen molar-refractivity contribution in [1.29, 1.82) is 0 Å². The molecule has 1 saturated heterocycles. The van der Waals surface area contributed by atoms with Crippen LogP contribution >= 0.6 is 0 Å². The molecule has 0 saturated carbocycles. The van der Waals surface area contributed by atoms with Crippen LogP contribution in [-0.2, 0) is 4.79 Å². The van der Waals surface area contributed by atoms with Crippen LogP contribution in [0.15, 0.2) is 42.5 Å². The molecule has 6 heteroatoms. The van der Waals surface area contributed by atoms with Gasteiger partial charge in [0, 0.05) is 49.7 Å². The highest BCUT2D eigenvalue weighted by Gasteiger charge is 2.25. The number of piperazine rings is 1. The van der Waals surface area contributed by atoms with Crippen LogP contribution in [0.25, 0.3) is 0 Å². The topological polar surface area (TPSA) is 64.7 Å². The van der Waals surface area contributed by atoms with E-state index in [1.165, 1.54) is 0 Å². The summed E-state index contributed by atoms with van der Waals surface area (Å²) in [5, 5.41) is 5.84. The van der Waals surface area contributed by atoms with Crippen molar-refractivity contribution in [2.75, 3.05) is 41.7 Å². The first-order valence-electron chi connectivity index (χ1n) is 10.9. The van der Waals surface area contributed by atoms with Gasteiger partial charge >= 0.3 is 6.03 Å². The van der Waals surface area contributed by atoms with Crippen molar-refractivity contribution in [1.82, 2.24) is 4.90 Å². The number of hydrogen-bond acceptors (Lipinski definition) is 3. The quantitative estimate of drug-likeness (QED) is 0.726. The molecular weight excluding hydrogens is 388 g/mol. The standard InChI is InChI=1S/C25H34N4O2/c1-18-7-6-8-19(2)23(18)27-24(31)26-20-9-11-21(12-10-20)28-13-15-29(16-14-28)22(30)17-25(3,4)5/h6-12H,13-17H2,1-5H3,(H2,26,27,31). The highest BCUT2D eigenvalue weighted by Crippen LogP contribution is 2.23. The van der Waals surface area contributed by atoms with Gasteiger partial charge in [-0.1, -0.05) is 39.0 Å². The summed E-state index contributed by atoms with van der Waals surface area (Å²) >= 11 is 0. The Morgan fingerprint density at radius 3 is 2.00 bits per heavy atom. The number of amides is 3. The molecule has 0 unspecified atom stereocenters. The Labute approximate surface area is 185 Å². The van der Waals surface area contributed by atoms with E-state index in [4.69, 9.17) is 0 Å². The van der Waals surface area contributed by atoms with E-state index < -0.39 is 0 Å². The van der Waals surface area contributed by atoms with Crippen LogP contribution in [0, 0.1) is 19.3 Å². The highest BCUT2D eigenvalue weighted by atomic mass is 16.2. The maximum absolute atomic E-state index is 12.4. The number of hydrogen-bond donors (Lipinski definition) is 2. The van der Waals surface area contributed by atoms with Crippen LogP contribution in [0.4, 0.5) is 21.9 Å². The van der Waals surface area contributed by atoms with Crippen molar-refractivity contribution < 1.29 is 9.59 Å². The molecule has 0 atom stereocenters. The van der Waals surface area contributed by atoms with Gasteiger partial charge < -0.3 is 20.4 Å². The fourth-order valence-electron chi connectivity index (χ4n) is 3.82. The van der Waals surface area contributed by atoms with Gasteiger partial charge in [-0.2, -0.15) is 0 Å². The minimum absolute atomic E-state index is 0.0151. The monoisotopic (exact) mass is 422 g/mol. The maximum atomic E-state index is 12.4. The van der Waals surface area contributed by atoms with Gasteiger partial charge in [0.15, 0.2) is 0 Å². The maximum Gasteiger partial charge on any atom is 0.323 e. The summed E-state index contributed by atoms with van der Waals surface area (Å²) in [4.78, 5) is 29.1. The summed E-state index contributed by atoms with van der Waals surface area (Å²) in [5.74, 6) is 0.238. The van der Waals surface area contributed by atoms with E-state index in [0.29, 0.717) is 6.42 Å². The molecule has 3 rings (SSSR count). The molecule has 1 fully saturated rings. The minimum Gasteiger partial charge on any atom is -0.368 e. The van der Waals surface area contributed by atoms with Gasteiger partial charge in [-0.3, -0.25) is 4.79 Å². The smallest absolute Gasteiger partial charge is 0.323 e. The number of carbonyl (C=O) groups excluding carboxylic acids is 2. The number of carbonyl (C=O) groups is 2. The van der Waals surface area contributed by atoms with Crippen molar-refractivity contribution in [3.05, 3.63) is 53.6 Å². The van der Waals surface area contributed by atoms with E-state index in [1.54, 1.807) is 0 Å². The molecule has 2 aromatic carbocycles. The molecule has 6 nitrogen and oxygen atoms in total. The van der Waals surface area contributed by atoms with Crippen molar-refractivity contribution >= 4 is 29.0 Å². The largest absolute Gasteiger partial charge is 0.368 e. The van der Waals surface area contributed by atoms with Gasteiger partial charge in [-0.25, -0.2) is 4.79 Å². The first kappa shape index (κ1) is 22.7. The number of nitrogens with one attached hydrogen (secondary N) is 2. The number of anilines is 3. The van der Waals surface area contributed by atoms with Crippen molar-refractivity contribution in [2.45, 2.75) is 41.0 Å². The molecule has 0 aliphatic carbocycles. The third-order valence-electron chi connectivity index (χ3n) is 5.52. The van der Waals surface area contributed by atoms with Gasteiger partial charge in [0.2, 0.25) is 5.91 Å². The Kier molecular flexibility index (Phi) is 6.88. The van der Waals surface area contributed by atoms with Gasteiger partial charge in [-0.15, -0.1) is 0 Å². The van der Waals surface area contributed by atoms with E-state index in [1.807, 2.05) is 61.2 Å². The van der Waals surface area contributed by atoms with Gasteiger partial charge in [-0.05, 0) is 54.7 Å². The fraction of sp³-hybridized carbons (Fsp3) is 0.440. The van der Waals surface area contributed by atoms with E-state index in [-0.39, 0.29) is 17.4 Å². The summed E-state index contributed by atoms with van der Waals surface area (Å²) in [6.07, 6.45) is 0.581. The van der Waals surface area contributed by atoms with Crippen LogP contribution in [0.3, 0.4) is 0 Å². The lowest BCUT2D eigenvalue weighted by Crippen LogP contribution is -2.49. The average molecular weight is 423 g/mol. The molecule has 1 aliphatic rings. The lowest BCUT2D eigenvalue weighted by atomic mass is 9.91. The number of para-hydroxylation sites is 1. The molecule has 31 heavy (non-hydrogen) atoms. The zero-order valence-corrected chi connectivity index (χ0v) is 19.3. The highest BCUT2D eigenvalue weighted by molar-refractivity contribution is 6.00. The molecule has 1 aliphatic heterocycles. The number of nitrogens with zero attached hydrogens (tertiary/aromatic N) is 2. The zero-order valence-electron chi connectivity index (χ0n) is 19.3. The van der Waals surface area contributed by atoms with E-state index in [0.717, 1.165) is 54.4 Å². The van der Waals surface area contributed by atoms with Crippen LogP contribution in [0.1, 0.15) is 38.3 Å². The molecule has 166 valence electrons. The normalized spacial score (nSPS) is 14.4. The van der Waals surface area contributed by atoms with E-state index in [9.17, 15) is 9.59 Å². The van der Waals surface area contributed by atoms with Gasteiger partial charge in [0.25, 0.3) is 0 Å². The van der Waals surface area contributed by atoms with Crippen LogP contribution in [0.5, 0.6) is 0 Å². The van der Waals surface area contributed by atoms with Crippen molar-refractivity contribution in [3.8, 4) is 0 Å². The first-order chi connectivity index (χ1) is 14.6. The summed E-state index contributed by atoms with van der Waals surface area (Å²) in [6.45, 7) is 13.4. The van der Waals surface area contributed by atoms with Crippen LogP contribution < -0.4 is 15.5 Å². The Bertz CT molecular complexity index is 903. The summed E-state index contributed by atoms with van der Waals surface area (Å²) in [6, 6.07) is 13.5. The Morgan fingerprint density at radius 2 is 1.45 bits per heavy atom. The van der Waals surface area contributed by atoms with Crippen molar-refractivity contribution in [3.63, 3.8) is 0 Å². The van der Waals surface area contributed by atoms with Crippen LogP contribution in [0.2, 0.25) is 0 Å². The van der Waals surface area contributed by atoms with Crippen molar-refractivity contribution in [2.24, 2.45) is 5.41 Å². The molecule has 2 aromatic rings. The summed E-state index contributed by atoms with van der Waals surface area (Å²) in [5.41, 5.74) is 4.77. The van der Waals surface area contributed by atoms with E-state index >= 15 is 0 Å². The predicted molar refractivity (Wildman–Crippen MR) is 128 cm³/mol. The number of urea groups is 1. The second-order valence-electron chi connectivity index (χ2n) is 9.50. The fourth-order valence-corrected chi connectivity index (χ4v) is 3.82. The third kappa shape index (κ3) is 6.23. The summed E-state index contributed by atoms with van der Waals surface area (Å²) in [7, 11) is 0.